The summed E-state index contributed by atoms with van der Waals surface area (Å²) in [4.78, 5) is 14.8. The summed E-state index contributed by atoms with van der Waals surface area (Å²) < 4.78 is 0. The van der Waals surface area contributed by atoms with Crippen molar-refractivity contribution in [1.82, 2.24) is 10.3 Å². The summed E-state index contributed by atoms with van der Waals surface area (Å²) in [6, 6.07) is 9.45. The van der Waals surface area contributed by atoms with Gasteiger partial charge in [-0.15, -0.1) is 0 Å². The van der Waals surface area contributed by atoms with Gasteiger partial charge in [-0.3, -0.25) is 4.79 Å². The molecule has 0 saturated carbocycles. The normalized spacial score (nSPS) is 10.3. The Balaban J connectivity index is 1.85. The maximum Gasteiger partial charge on any atom is 0.224 e. The fraction of sp³-hybridized carbons (Fsp3) is 0.214. The molecule has 0 aliphatic carbocycles. The zero-order valence-corrected chi connectivity index (χ0v) is 10.9. The number of benzene rings is 1. The topological polar surface area (TPSA) is 44.9 Å². The molecule has 2 rings (SSSR count). The fourth-order valence-electron chi connectivity index (χ4n) is 1.77. The van der Waals surface area contributed by atoms with Crippen LogP contribution in [-0.4, -0.2) is 10.9 Å². The first kappa shape index (κ1) is 12.7. The number of rotatable bonds is 4. The van der Waals surface area contributed by atoms with E-state index in [-0.39, 0.29) is 5.91 Å². The molecule has 0 atom stereocenters. The van der Waals surface area contributed by atoms with Gasteiger partial charge in [0.2, 0.25) is 5.91 Å². The number of aryl methyl sites for hydroxylation is 1. The molecule has 1 heterocycles. The predicted octanol–water partition coefficient (Wildman–Crippen LogP) is 2.84. The average Bonchev–Trinajstić information content (AvgIpc) is 2.72. The van der Waals surface area contributed by atoms with E-state index in [9.17, 15) is 4.79 Å². The van der Waals surface area contributed by atoms with Gasteiger partial charge in [-0.05, 0) is 36.2 Å². The average molecular weight is 263 g/mol. The van der Waals surface area contributed by atoms with E-state index < -0.39 is 0 Å². The molecule has 94 valence electrons. The van der Waals surface area contributed by atoms with Crippen molar-refractivity contribution in [1.29, 1.82) is 0 Å². The van der Waals surface area contributed by atoms with Crippen LogP contribution in [0.3, 0.4) is 0 Å². The quantitative estimate of drug-likeness (QED) is 0.874. The van der Waals surface area contributed by atoms with Gasteiger partial charge in [-0.1, -0.05) is 23.7 Å². The van der Waals surface area contributed by atoms with Crippen LogP contribution in [0.5, 0.6) is 0 Å². The second kappa shape index (κ2) is 5.74. The highest BCUT2D eigenvalue weighted by Crippen LogP contribution is 2.10. The Hall–Kier alpha value is -1.74. The zero-order chi connectivity index (χ0) is 13.0. The molecule has 0 aliphatic rings. The summed E-state index contributed by atoms with van der Waals surface area (Å²) in [7, 11) is 0. The third-order valence-corrected chi connectivity index (χ3v) is 2.87. The molecule has 2 N–H and O–H groups in total. The predicted molar refractivity (Wildman–Crippen MR) is 72.5 cm³/mol. The summed E-state index contributed by atoms with van der Waals surface area (Å²) in [6.45, 7) is 2.47. The lowest BCUT2D eigenvalue weighted by atomic mass is 10.2. The Morgan fingerprint density at radius 2 is 2.17 bits per heavy atom. The first-order chi connectivity index (χ1) is 8.63. The standard InChI is InChI=1S/C14H15ClN2O/c1-10-5-12(9-16-10)7-14(18)17-8-11-3-2-4-13(15)6-11/h2-6,9,16H,7-8H2,1H3,(H,17,18). The van der Waals surface area contributed by atoms with Gasteiger partial charge in [-0.2, -0.15) is 0 Å². The van der Waals surface area contributed by atoms with Crippen molar-refractivity contribution in [2.45, 2.75) is 19.9 Å². The van der Waals surface area contributed by atoms with Crippen molar-refractivity contribution in [3.8, 4) is 0 Å². The van der Waals surface area contributed by atoms with E-state index >= 15 is 0 Å². The second-order valence-corrected chi connectivity index (χ2v) is 4.71. The molecule has 0 unspecified atom stereocenters. The number of carbonyl (C=O) groups is 1. The van der Waals surface area contributed by atoms with Crippen molar-refractivity contribution in [3.63, 3.8) is 0 Å². The number of H-pyrrole nitrogens is 1. The van der Waals surface area contributed by atoms with Gasteiger partial charge in [0.05, 0.1) is 6.42 Å². The molecule has 4 heteroatoms. The van der Waals surface area contributed by atoms with E-state index in [2.05, 4.69) is 10.3 Å². The van der Waals surface area contributed by atoms with Gasteiger partial charge in [0.25, 0.3) is 0 Å². The first-order valence-corrected chi connectivity index (χ1v) is 6.16. The Morgan fingerprint density at radius 1 is 1.33 bits per heavy atom. The van der Waals surface area contributed by atoms with Crippen LogP contribution in [0.2, 0.25) is 5.02 Å². The maximum atomic E-state index is 11.7. The Bertz CT molecular complexity index is 548. The zero-order valence-electron chi connectivity index (χ0n) is 10.2. The minimum Gasteiger partial charge on any atom is -0.365 e. The molecule has 0 fully saturated rings. The highest BCUT2D eigenvalue weighted by atomic mass is 35.5. The summed E-state index contributed by atoms with van der Waals surface area (Å²) in [5.74, 6) is 0.00831. The number of amides is 1. The SMILES string of the molecule is Cc1cc(CC(=O)NCc2cccc(Cl)c2)c[nH]1. The fourth-order valence-corrected chi connectivity index (χ4v) is 1.98. The molecule has 1 aromatic heterocycles. The third-order valence-electron chi connectivity index (χ3n) is 2.63. The van der Waals surface area contributed by atoms with Crippen molar-refractivity contribution >= 4 is 17.5 Å². The molecule has 1 aromatic carbocycles. The van der Waals surface area contributed by atoms with E-state index in [1.54, 1.807) is 0 Å². The lowest BCUT2D eigenvalue weighted by Gasteiger charge is -2.04. The minimum atomic E-state index is 0.00831. The van der Waals surface area contributed by atoms with Crippen LogP contribution in [0.4, 0.5) is 0 Å². The molecule has 3 nitrogen and oxygen atoms in total. The molecule has 0 radical (unpaired) electrons. The van der Waals surface area contributed by atoms with E-state index in [0.29, 0.717) is 18.0 Å². The molecule has 1 amide bonds. The molecule has 18 heavy (non-hydrogen) atoms. The van der Waals surface area contributed by atoms with E-state index in [1.807, 2.05) is 43.5 Å². The number of hydrogen-bond donors (Lipinski definition) is 2. The molecule has 0 spiro atoms. The van der Waals surface area contributed by atoms with Crippen LogP contribution in [0.1, 0.15) is 16.8 Å². The number of carbonyl (C=O) groups excluding carboxylic acids is 1. The summed E-state index contributed by atoms with van der Waals surface area (Å²) in [5.41, 5.74) is 3.06. The Kier molecular flexibility index (Phi) is 4.05. The summed E-state index contributed by atoms with van der Waals surface area (Å²) in [6.07, 6.45) is 2.25. The number of hydrogen-bond acceptors (Lipinski definition) is 1. The van der Waals surface area contributed by atoms with Crippen molar-refractivity contribution in [3.05, 3.63) is 58.4 Å². The van der Waals surface area contributed by atoms with Gasteiger partial charge < -0.3 is 10.3 Å². The van der Waals surface area contributed by atoms with Crippen LogP contribution in [0.25, 0.3) is 0 Å². The number of aromatic amines is 1. The van der Waals surface area contributed by atoms with Crippen LogP contribution < -0.4 is 5.32 Å². The van der Waals surface area contributed by atoms with Gasteiger partial charge in [0, 0.05) is 23.5 Å². The van der Waals surface area contributed by atoms with Crippen LogP contribution >= 0.6 is 11.6 Å². The van der Waals surface area contributed by atoms with Crippen molar-refractivity contribution in [2.24, 2.45) is 0 Å². The molecular weight excluding hydrogens is 248 g/mol. The van der Waals surface area contributed by atoms with Crippen molar-refractivity contribution in [2.75, 3.05) is 0 Å². The van der Waals surface area contributed by atoms with Gasteiger partial charge in [0.15, 0.2) is 0 Å². The smallest absolute Gasteiger partial charge is 0.224 e. The highest BCUT2D eigenvalue weighted by Gasteiger charge is 2.04. The summed E-state index contributed by atoms with van der Waals surface area (Å²) in [5, 5.41) is 3.56. The number of halogens is 1. The lowest BCUT2D eigenvalue weighted by molar-refractivity contribution is -0.120. The van der Waals surface area contributed by atoms with Crippen LogP contribution in [0, 0.1) is 6.92 Å². The van der Waals surface area contributed by atoms with E-state index in [4.69, 9.17) is 11.6 Å². The second-order valence-electron chi connectivity index (χ2n) is 4.27. The molecule has 0 bridgehead atoms. The third kappa shape index (κ3) is 3.64. The van der Waals surface area contributed by atoms with E-state index in [0.717, 1.165) is 16.8 Å². The molecule has 0 saturated heterocycles. The van der Waals surface area contributed by atoms with Gasteiger partial charge >= 0.3 is 0 Å². The Morgan fingerprint density at radius 3 is 2.83 bits per heavy atom. The monoisotopic (exact) mass is 262 g/mol. The lowest BCUT2D eigenvalue weighted by Crippen LogP contribution is -2.24. The summed E-state index contributed by atoms with van der Waals surface area (Å²) >= 11 is 5.88. The maximum absolute atomic E-state index is 11.7. The first-order valence-electron chi connectivity index (χ1n) is 5.78. The van der Waals surface area contributed by atoms with Crippen LogP contribution in [0.15, 0.2) is 36.5 Å². The van der Waals surface area contributed by atoms with Gasteiger partial charge in [-0.25, -0.2) is 0 Å². The number of nitrogens with one attached hydrogen (secondary N) is 2. The molecule has 2 aromatic rings. The minimum absolute atomic E-state index is 0.00831. The van der Waals surface area contributed by atoms with Crippen molar-refractivity contribution < 1.29 is 4.79 Å². The van der Waals surface area contributed by atoms with E-state index in [1.165, 1.54) is 0 Å². The largest absolute Gasteiger partial charge is 0.365 e. The van der Waals surface area contributed by atoms with Gasteiger partial charge in [0.1, 0.15) is 0 Å². The number of aromatic nitrogens is 1. The highest BCUT2D eigenvalue weighted by molar-refractivity contribution is 6.30. The Labute approximate surface area is 111 Å². The molecule has 0 aliphatic heterocycles. The molecular formula is C14H15ClN2O. The van der Waals surface area contributed by atoms with Crippen LogP contribution in [-0.2, 0) is 17.8 Å².